The van der Waals surface area contributed by atoms with Crippen LogP contribution in [0.1, 0.15) is 34.8 Å². The summed E-state index contributed by atoms with van der Waals surface area (Å²) in [5.74, 6) is 1.27. The number of aromatic nitrogens is 3. The van der Waals surface area contributed by atoms with Crippen LogP contribution in [0.3, 0.4) is 0 Å². The number of hydrogen-bond donors (Lipinski definition) is 3. The Morgan fingerprint density at radius 3 is 2.55 bits per heavy atom. The van der Waals surface area contributed by atoms with Crippen LogP contribution in [-0.4, -0.2) is 68.0 Å². The normalized spacial score (nSPS) is 13.7. The lowest BCUT2D eigenvalue weighted by atomic mass is 10.2. The summed E-state index contributed by atoms with van der Waals surface area (Å²) >= 11 is 1.19. The highest BCUT2D eigenvalue weighted by molar-refractivity contribution is 7.92. The van der Waals surface area contributed by atoms with Gasteiger partial charge in [-0.1, -0.05) is 23.5 Å². The molecule has 0 spiro atoms. The lowest BCUT2D eigenvalue weighted by Crippen LogP contribution is -2.36. The zero-order valence-corrected chi connectivity index (χ0v) is 23.1. The van der Waals surface area contributed by atoms with Crippen molar-refractivity contribution in [2.45, 2.75) is 27.3 Å². The van der Waals surface area contributed by atoms with E-state index in [1.54, 1.807) is 32.9 Å². The van der Waals surface area contributed by atoms with E-state index in [1.165, 1.54) is 11.3 Å². The molecule has 1 aliphatic rings. The van der Waals surface area contributed by atoms with Crippen LogP contribution < -0.4 is 20.3 Å². The molecule has 3 N–H and O–H groups in total. The first kappa shape index (κ1) is 27.5. The fourth-order valence-corrected chi connectivity index (χ4v) is 5.10. The van der Waals surface area contributed by atoms with Crippen molar-refractivity contribution in [1.29, 1.82) is 0 Å². The number of anilines is 5. The molecule has 0 saturated carbocycles. The summed E-state index contributed by atoms with van der Waals surface area (Å²) in [5.41, 5.74) is 2.03. The van der Waals surface area contributed by atoms with Crippen molar-refractivity contribution >= 4 is 55.7 Å². The molecule has 2 aromatic heterocycles. The van der Waals surface area contributed by atoms with E-state index in [1.807, 2.05) is 18.2 Å². The first-order valence-electron chi connectivity index (χ1n) is 12.2. The van der Waals surface area contributed by atoms with Crippen LogP contribution >= 0.6 is 11.3 Å². The van der Waals surface area contributed by atoms with E-state index in [9.17, 15) is 13.2 Å². The van der Waals surface area contributed by atoms with E-state index in [0.717, 1.165) is 11.4 Å². The highest BCUT2D eigenvalue weighted by atomic mass is 32.2. The number of aryl methyl sites for hydroxylation is 1. The van der Waals surface area contributed by atoms with Crippen molar-refractivity contribution in [3.63, 3.8) is 0 Å². The van der Waals surface area contributed by atoms with Gasteiger partial charge in [0, 0.05) is 31.4 Å². The van der Waals surface area contributed by atoms with Gasteiger partial charge in [-0.15, -0.1) is 0 Å². The van der Waals surface area contributed by atoms with Crippen LogP contribution in [0.15, 0.2) is 30.3 Å². The third kappa shape index (κ3) is 7.30. The van der Waals surface area contributed by atoms with Crippen LogP contribution in [-0.2, 0) is 26.0 Å². The number of carbonyl (C=O) groups excluding carboxylic acids is 1. The quantitative estimate of drug-likeness (QED) is 0.296. The van der Waals surface area contributed by atoms with Crippen molar-refractivity contribution in [3.8, 4) is 0 Å². The van der Waals surface area contributed by atoms with E-state index in [4.69, 9.17) is 9.47 Å². The lowest BCUT2D eigenvalue weighted by molar-refractivity contribution is 0.0531. The molecule has 38 heavy (non-hydrogen) atoms. The Balaban J connectivity index is 1.52. The third-order valence-electron chi connectivity index (χ3n) is 5.60. The summed E-state index contributed by atoms with van der Waals surface area (Å²) < 4.78 is 36.7. The fraction of sp³-hybridized carbons (Fsp3) is 0.417. The maximum Gasteiger partial charge on any atom is 0.350 e. The van der Waals surface area contributed by atoms with Gasteiger partial charge in [0.05, 0.1) is 31.3 Å². The number of nitrogens with one attached hydrogen (secondary N) is 3. The van der Waals surface area contributed by atoms with E-state index >= 15 is 0 Å². The van der Waals surface area contributed by atoms with Crippen LogP contribution in [0.25, 0.3) is 0 Å². The lowest BCUT2D eigenvalue weighted by Gasteiger charge is -2.28. The van der Waals surface area contributed by atoms with E-state index in [2.05, 4.69) is 35.2 Å². The van der Waals surface area contributed by atoms with Crippen LogP contribution in [0.5, 0.6) is 0 Å². The largest absolute Gasteiger partial charge is 0.462 e. The zero-order valence-electron chi connectivity index (χ0n) is 21.5. The molecule has 0 atom stereocenters. The number of morpholine rings is 1. The third-order valence-corrected chi connectivity index (χ3v) is 7.96. The summed E-state index contributed by atoms with van der Waals surface area (Å²) in [6, 6.07) is 9.01. The minimum atomic E-state index is -3.33. The van der Waals surface area contributed by atoms with Gasteiger partial charge >= 0.3 is 5.97 Å². The number of hydrogen-bond acceptors (Lipinski definition) is 12. The topological polar surface area (TPSA) is 148 Å². The Bertz CT molecular complexity index is 1360. The van der Waals surface area contributed by atoms with Crippen molar-refractivity contribution in [1.82, 2.24) is 15.0 Å². The monoisotopic (exact) mass is 561 g/mol. The zero-order chi connectivity index (χ0) is 27.1. The second-order valence-electron chi connectivity index (χ2n) is 8.37. The fourth-order valence-electron chi connectivity index (χ4n) is 3.60. The Morgan fingerprint density at radius 1 is 1.13 bits per heavy atom. The molecule has 0 aliphatic carbocycles. The molecule has 0 radical (unpaired) electrons. The summed E-state index contributed by atoms with van der Waals surface area (Å²) in [7, 11) is -3.33. The van der Waals surface area contributed by atoms with Gasteiger partial charge in [0.25, 0.3) is 0 Å². The van der Waals surface area contributed by atoms with Crippen molar-refractivity contribution < 1.29 is 22.7 Å². The van der Waals surface area contributed by atoms with Crippen LogP contribution in [0.2, 0.25) is 0 Å². The molecule has 0 bridgehead atoms. The van der Waals surface area contributed by atoms with E-state index < -0.39 is 16.0 Å². The molecule has 12 nitrogen and oxygen atoms in total. The molecule has 3 heterocycles. The number of rotatable bonds is 11. The minimum Gasteiger partial charge on any atom is -0.462 e. The molecule has 204 valence electrons. The smallest absolute Gasteiger partial charge is 0.350 e. The molecule has 1 aromatic carbocycles. The Morgan fingerprint density at radius 2 is 1.87 bits per heavy atom. The molecule has 3 aromatic rings. The molecular weight excluding hydrogens is 530 g/mol. The molecular formula is C24H31N7O5S2. The highest BCUT2D eigenvalue weighted by Gasteiger charge is 2.19. The number of benzene rings is 1. The first-order chi connectivity index (χ1) is 18.3. The Labute approximate surface area is 225 Å². The number of thiazole rings is 1. The van der Waals surface area contributed by atoms with Gasteiger partial charge < -0.3 is 19.7 Å². The van der Waals surface area contributed by atoms with E-state index in [0.29, 0.717) is 66.0 Å². The van der Waals surface area contributed by atoms with Gasteiger partial charge in [-0.3, -0.25) is 10.0 Å². The Kier molecular flexibility index (Phi) is 8.97. The SMILES string of the molecule is CCOC(=O)c1sc(Nc2nc(NCc3ccc(NS(=O)(=O)CC)cc3)cc(N3CCOCC3)n2)nc1C. The molecule has 0 unspecified atom stereocenters. The molecule has 4 rings (SSSR count). The predicted molar refractivity (Wildman–Crippen MR) is 148 cm³/mol. The maximum atomic E-state index is 12.2. The molecule has 14 heteroatoms. The number of esters is 1. The van der Waals surface area contributed by atoms with Gasteiger partial charge in [-0.2, -0.15) is 9.97 Å². The molecule has 1 aliphatic heterocycles. The second-order valence-corrected chi connectivity index (χ2v) is 11.4. The molecule has 1 saturated heterocycles. The minimum absolute atomic E-state index is 0.0105. The van der Waals surface area contributed by atoms with Crippen LogP contribution in [0, 0.1) is 6.92 Å². The van der Waals surface area contributed by atoms with E-state index in [-0.39, 0.29) is 12.4 Å². The average Bonchev–Trinajstić information content (AvgIpc) is 3.28. The molecule has 1 fully saturated rings. The van der Waals surface area contributed by atoms with Crippen LogP contribution in [0.4, 0.5) is 28.4 Å². The number of carbonyl (C=O) groups is 1. The molecule has 0 amide bonds. The summed E-state index contributed by atoms with van der Waals surface area (Å²) in [6.45, 7) is 8.48. The highest BCUT2D eigenvalue weighted by Crippen LogP contribution is 2.27. The maximum absolute atomic E-state index is 12.2. The number of sulfonamides is 1. The summed E-state index contributed by atoms with van der Waals surface area (Å²) in [4.78, 5) is 28.5. The predicted octanol–water partition coefficient (Wildman–Crippen LogP) is 3.37. The Hall–Kier alpha value is -3.49. The van der Waals surface area contributed by atoms with Crippen molar-refractivity contribution in [3.05, 3.63) is 46.5 Å². The number of ether oxygens (including phenoxy) is 2. The van der Waals surface area contributed by atoms with Crippen molar-refractivity contribution in [2.75, 3.05) is 58.9 Å². The first-order valence-corrected chi connectivity index (χ1v) is 14.7. The van der Waals surface area contributed by atoms with Gasteiger partial charge in [-0.25, -0.2) is 18.2 Å². The summed E-state index contributed by atoms with van der Waals surface area (Å²) in [5, 5.41) is 6.93. The van der Waals surface area contributed by atoms with Gasteiger partial charge in [0.1, 0.15) is 16.5 Å². The summed E-state index contributed by atoms with van der Waals surface area (Å²) in [6.07, 6.45) is 0. The van der Waals surface area contributed by atoms with Gasteiger partial charge in [0.2, 0.25) is 16.0 Å². The number of nitrogens with zero attached hydrogens (tertiary/aromatic N) is 4. The van der Waals surface area contributed by atoms with Gasteiger partial charge in [0.15, 0.2) is 5.13 Å². The van der Waals surface area contributed by atoms with Gasteiger partial charge in [-0.05, 0) is 38.5 Å². The average molecular weight is 562 g/mol. The second kappa shape index (κ2) is 12.4. The standard InChI is InChI=1S/C24H31N7O5S2/c1-4-36-22(32)21-16(3)26-24(37-21)29-23-27-19(14-20(28-23)31-10-12-35-13-11-31)25-15-17-6-8-18(9-7-17)30-38(33,34)5-2/h6-9,14,30H,4-5,10-13,15H2,1-3H3,(H2,25,26,27,28,29). The van der Waals surface area contributed by atoms with Crippen molar-refractivity contribution in [2.24, 2.45) is 0 Å².